The fourth-order valence-electron chi connectivity index (χ4n) is 2.87. The van der Waals surface area contributed by atoms with Gasteiger partial charge in [-0.1, -0.05) is 0 Å². The molecule has 0 atom stereocenters. The maximum absolute atomic E-state index is 12.6. The van der Waals surface area contributed by atoms with Crippen molar-refractivity contribution < 1.29 is 43.0 Å². The molecule has 33 heavy (non-hydrogen) atoms. The zero-order chi connectivity index (χ0) is 24.8. The third-order valence-electron chi connectivity index (χ3n) is 4.62. The molecule has 0 aliphatic carbocycles. The van der Waals surface area contributed by atoms with Crippen molar-refractivity contribution in [2.45, 2.75) is 27.2 Å². The molecule has 13 heteroatoms. The molecular weight excluding hydrogens is 440 g/mol. The molecular formula is C20H32N4O9. The summed E-state index contributed by atoms with van der Waals surface area (Å²) in [6.45, 7) is 3.76. The Morgan fingerprint density at radius 3 is 1.39 bits per heavy atom. The lowest BCUT2D eigenvalue weighted by Gasteiger charge is -2.31. The molecule has 3 amide bonds. The molecule has 186 valence electrons. The van der Waals surface area contributed by atoms with Gasteiger partial charge in [0, 0.05) is 53.5 Å². The van der Waals surface area contributed by atoms with Crippen LogP contribution in [0.4, 0.5) is 0 Å². The van der Waals surface area contributed by atoms with Gasteiger partial charge in [0.05, 0.1) is 6.67 Å². The van der Waals surface area contributed by atoms with E-state index in [0.29, 0.717) is 19.5 Å². The number of nitrogens with zero attached hydrogens (tertiary/aromatic N) is 3. The number of hydrogen-bond acceptors (Lipinski definition) is 10. The maximum atomic E-state index is 12.6. The third-order valence-corrected chi connectivity index (χ3v) is 4.62. The van der Waals surface area contributed by atoms with Crippen LogP contribution in [0.3, 0.4) is 0 Å². The summed E-state index contributed by atoms with van der Waals surface area (Å²) in [5.41, 5.74) is 0. The van der Waals surface area contributed by atoms with Crippen molar-refractivity contribution in [1.82, 2.24) is 20.0 Å². The van der Waals surface area contributed by atoms with Gasteiger partial charge in [-0.2, -0.15) is 0 Å². The van der Waals surface area contributed by atoms with Crippen molar-refractivity contribution in [2.24, 2.45) is 0 Å². The van der Waals surface area contributed by atoms with E-state index in [0.717, 1.165) is 0 Å². The van der Waals surface area contributed by atoms with Gasteiger partial charge in [-0.25, -0.2) is 0 Å². The molecule has 0 aromatic heterocycles. The van der Waals surface area contributed by atoms with E-state index < -0.39 is 55.5 Å². The zero-order valence-electron chi connectivity index (χ0n) is 19.3. The summed E-state index contributed by atoms with van der Waals surface area (Å²) in [5, 5.41) is 3.08. The number of carbonyl (C=O) groups is 6. The van der Waals surface area contributed by atoms with E-state index in [9.17, 15) is 28.8 Å². The Bertz CT molecular complexity index is 684. The average Bonchev–Trinajstić information content (AvgIpc) is 2.74. The summed E-state index contributed by atoms with van der Waals surface area (Å²) < 4.78 is 14.3. The van der Waals surface area contributed by atoms with Crippen LogP contribution in [-0.2, 0) is 43.0 Å². The summed E-state index contributed by atoms with van der Waals surface area (Å²) in [5.74, 6) is -3.08. The van der Waals surface area contributed by atoms with Crippen molar-refractivity contribution in [3.63, 3.8) is 0 Å². The van der Waals surface area contributed by atoms with Gasteiger partial charge in [0.2, 0.25) is 0 Å². The summed E-state index contributed by atoms with van der Waals surface area (Å²) >= 11 is 0. The van der Waals surface area contributed by atoms with Crippen LogP contribution >= 0.6 is 0 Å². The normalized spacial score (nSPS) is 15.5. The van der Waals surface area contributed by atoms with Gasteiger partial charge in [-0.3, -0.25) is 34.1 Å². The smallest absolute Gasteiger partial charge is 0.303 e. The monoisotopic (exact) mass is 472 g/mol. The quantitative estimate of drug-likeness (QED) is 0.343. The minimum absolute atomic E-state index is 0.0968. The van der Waals surface area contributed by atoms with Crippen LogP contribution < -0.4 is 5.32 Å². The molecule has 0 spiro atoms. The molecule has 13 nitrogen and oxygen atoms in total. The minimum Gasteiger partial charge on any atom is -0.456 e. The Morgan fingerprint density at radius 2 is 0.970 bits per heavy atom. The first kappa shape index (κ1) is 27.8. The van der Waals surface area contributed by atoms with Crippen LogP contribution in [0.2, 0.25) is 0 Å². The highest BCUT2D eigenvalue weighted by molar-refractivity contribution is 5.82. The van der Waals surface area contributed by atoms with E-state index in [2.05, 4.69) is 5.32 Å². The highest BCUT2D eigenvalue weighted by atomic mass is 16.5. The summed E-state index contributed by atoms with van der Waals surface area (Å²) in [7, 11) is 0. The Morgan fingerprint density at radius 1 is 0.606 bits per heavy atom. The number of amides is 3. The fraction of sp³-hybridized carbons (Fsp3) is 0.700. The lowest BCUT2D eigenvalue weighted by molar-refractivity contribution is -0.152. The van der Waals surface area contributed by atoms with E-state index in [1.54, 1.807) is 0 Å². The second kappa shape index (κ2) is 14.8. The van der Waals surface area contributed by atoms with Crippen LogP contribution in [-0.4, -0.2) is 116 Å². The Labute approximate surface area is 192 Å². The largest absolute Gasteiger partial charge is 0.456 e. The summed E-state index contributed by atoms with van der Waals surface area (Å²) in [6, 6.07) is 0. The standard InChI is InChI=1S/C20H32N4O9/c1-15(25)31-11-18(28)22-6-4-5-21-14-24(20(30)13-33-17(3)27)10-9-23(8-7-22)19(29)12-32-16(2)26/h21H,4-14H2,1-3H3. The van der Waals surface area contributed by atoms with Crippen LogP contribution in [0.1, 0.15) is 27.2 Å². The SMILES string of the molecule is CC(=O)OCC(=O)N1CCCNCN(C(=O)COC(C)=O)CCN(C(=O)COC(C)=O)CC1. The van der Waals surface area contributed by atoms with Crippen LogP contribution in [0.15, 0.2) is 0 Å². The molecule has 0 aromatic rings. The van der Waals surface area contributed by atoms with E-state index in [4.69, 9.17) is 14.2 Å². The van der Waals surface area contributed by atoms with Gasteiger partial charge < -0.3 is 28.9 Å². The molecule has 0 saturated carbocycles. The van der Waals surface area contributed by atoms with Gasteiger partial charge in [-0.15, -0.1) is 0 Å². The summed E-state index contributed by atoms with van der Waals surface area (Å²) in [6.07, 6.45) is 0.541. The van der Waals surface area contributed by atoms with Gasteiger partial charge in [-0.05, 0) is 13.0 Å². The highest BCUT2D eigenvalue weighted by Gasteiger charge is 2.23. The van der Waals surface area contributed by atoms with E-state index in [1.807, 2.05) is 0 Å². The predicted molar refractivity (Wildman–Crippen MR) is 112 cm³/mol. The fourth-order valence-corrected chi connectivity index (χ4v) is 2.87. The molecule has 1 heterocycles. The molecule has 1 aliphatic rings. The summed E-state index contributed by atoms with van der Waals surface area (Å²) in [4.78, 5) is 74.9. The van der Waals surface area contributed by atoms with E-state index in [1.165, 1.54) is 35.5 Å². The Balaban J connectivity index is 2.90. The second-order valence-corrected chi connectivity index (χ2v) is 7.27. The molecule has 1 aliphatic heterocycles. The zero-order valence-corrected chi connectivity index (χ0v) is 19.3. The number of rotatable bonds is 6. The minimum atomic E-state index is -0.613. The van der Waals surface area contributed by atoms with Gasteiger partial charge in [0.1, 0.15) is 0 Å². The lowest BCUT2D eigenvalue weighted by Crippen LogP contribution is -2.50. The Hall–Kier alpha value is -3.22. The molecule has 1 saturated heterocycles. The molecule has 1 rings (SSSR count). The number of carbonyl (C=O) groups excluding carboxylic acids is 6. The van der Waals surface area contributed by atoms with Gasteiger partial charge in [0.25, 0.3) is 17.7 Å². The van der Waals surface area contributed by atoms with Crippen LogP contribution in [0.25, 0.3) is 0 Å². The van der Waals surface area contributed by atoms with Crippen LogP contribution in [0, 0.1) is 0 Å². The molecule has 0 aromatic carbocycles. The Kier molecular flexibility index (Phi) is 12.4. The van der Waals surface area contributed by atoms with Crippen molar-refractivity contribution in [3.8, 4) is 0 Å². The van der Waals surface area contributed by atoms with Crippen molar-refractivity contribution >= 4 is 35.6 Å². The van der Waals surface area contributed by atoms with Crippen LogP contribution in [0.5, 0.6) is 0 Å². The van der Waals surface area contributed by atoms with E-state index in [-0.39, 0.29) is 32.8 Å². The van der Waals surface area contributed by atoms with Gasteiger partial charge >= 0.3 is 17.9 Å². The predicted octanol–water partition coefficient (Wildman–Crippen LogP) is -1.89. The maximum Gasteiger partial charge on any atom is 0.303 e. The lowest BCUT2D eigenvalue weighted by atomic mass is 10.3. The van der Waals surface area contributed by atoms with E-state index >= 15 is 0 Å². The third kappa shape index (κ3) is 11.8. The highest BCUT2D eigenvalue weighted by Crippen LogP contribution is 2.02. The van der Waals surface area contributed by atoms with Crippen molar-refractivity contribution in [2.75, 3.05) is 65.8 Å². The first-order chi connectivity index (χ1) is 15.6. The van der Waals surface area contributed by atoms with Crippen molar-refractivity contribution in [1.29, 1.82) is 0 Å². The number of esters is 3. The molecule has 0 bridgehead atoms. The molecule has 1 N–H and O–H groups in total. The number of hydrogen-bond donors (Lipinski definition) is 1. The van der Waals surface area contributed by atoms with Gasteiger partial charge in [0.15, 0.2) is 19.8 Å². The first-order valence-electron chi connectivity index (χ1n) is 10.5. The van der Waals surface area contributed by atoms with Crippen molar-refractivity contribution in [3.05, 3.63) is 0 Å². The second-order valence-electron chi connectivity index (χ2n) is 7.27. The number of ether oxygens (including phenoxy) is 3. The topological polar surface area (TPSA) is 152 Å². The molecule has 1 fully saturated rings. The number of nitrogens with one attached hydrogen (secondary N) is 1. The molecule has 0 unspecified atom stereocenters. The molecule has 0 radical (unpaired) electrons. The average molecular weight is 472 g/mol. The first-order valence-corrected chi connectivity index (χ1v) is 10.5.